The van der Waals surface area contributed by atoms with Crippen LogP contribution in [0.4, 0.5) is 0 Å². The second-order valence-corrected chi connectivity index (χ2v) is 5.01. The van der Waals surface area contributed by atoms with Crippen LogP contribution in [0.3, 0.4) is 0 Å². The van der Waals surface area contributed by atoms with E-state index in [1.807, 2.05) is 0 Å². The summed E-state index contributed by atoms with van der Waals surface area (Å²) in [6.07, 6.45) is 1.00. The SMILES string of the molecule is CCc1cc(CNCc2cccs2)n(CC)n1. The molecule has 2 heterocycles. The number of thiophene rings is 1. The Hall–Kier alpha value is -1.13. The highest BCUT2D eigenvalue weighted by Gasteiger charge is 2.04. The van der Waals surface area contributed by atoms with Crippen LogP contribution in [-0.4, -0.2) is 9.78 Å². The maximum absolute atomic E-state index is 4.54. The zero-order chi connectivity index (χ0) is 12.1. The van der Waals surface area contributed by atoms with E-state index in [2.05, 4.69) is 52.5 Å². The quantitative estimate of drug-likeness (QED) is 0.853. The van der Waals surface area contributed by atoms with Gasteiger partial charge in [-0.05, 0) is 30.9 Å². The summed E-state index contributed by atoms with van der Waals surface area (Å²) in [5.74, 6) is 0. The molecule has 2 aromatic rings. The number of aryl methyl sites for hydroxylation is 2. The lowest BCUT2D eigenvalue weighted by Gasteiger charge is -2.05. The van der Waals surface area contributed by atoms with Gasteiger partial charge in [0.05, 0.1) is 11.4 Å². The summed E-state index contributed by atoms with van der Waals surface area (Å²) in [5.41, 5.74) is 2.46. The van der Waals surface area contributed by atoms with Crippen LogP contribution in [0.15, 0.2) is 23.6 Å². The van der Waals surface area contributed by atoms with Gasteiger partial charge >= 0.3 is 0 Å². The van der Waals surface area contributed by atoms with Gasteiger partial charge in [-0.1, -0.05) is 13.0 Å². The van der Waals surface area contributed by atoms with Crippen molar-refractivity contribution >= 4 is 11.3 Å². The third-order valence-corrected chi connectivity index (χ3v) is 3.64. The molecule has 0 aliphatic rings. The lowest BCUT2D eigenvalue weighted by Crippen LogP contribution is -2.15. The minimum absolute atomic E-state index is 0.888. The number of nitrogens with one attached hydrogen (secondary N) is 1. The molecule has 0 spiro atoms. The molecule has 92 valence electrons. The molecule has 3 nitrogen and oxygen atoms in total. The van der Waals surface area contributed by atoms with Crippen molar-refractivity contribution in [3.8, 4) is 0 Å². The van der Waals surface area contributed by atoms with Crippen LogP contribution in [0.1, 0.15) is 30.1 Å². The summed E-state index contributed by atoms with van der Waals surface area (Å²) < 4.78 is 2.08. The monoisotopic (exact) mass is 249 g/mol. The molecular weight excluding hydrogens is 230 g/mol. The van der Waals surface area contributed by atoms with Gasteiger partial charge in [-0.15, -0.1) is 11.3 Å². The third kappa shape index (κ3) is 3.17. The molecule has 0 atom stereocenters. The molecule has 4 heteroatoms. The standard InChI is InChI=1S/C13H19N3S/c1-3-11-8-12(16(4-2)15-11)9-14-10-13-6-5-7-17-13/h5-8,14H,3-4,9-10H2,1-2H3. The Bertz CT molecular complexity index is 445. The van der Waals surface area contributed by atoms with Crippen LogP contribution in [-0.2, 0) is 26.1 Å². The van der Waals surface area contributed by atoms with Crippen LogP contribution < -0.4 is 5.32 Å². The van der Waals surface area contributed by atoms with Gasteiger partial charge in [-0.3, -0.25) is 4.68 Å². The number of rotatable bonds is 6. The van der Waals surface area contributed by atoms with Gasteiger partial charge in [0, 0.05) is 24.5 Å². The van der Waals surface area contributed by atoms with E-state index in [0.717, 1.165) is 26.1 Å². The van der Waals surface area contributed by atoms with Gasteiger partial charge in [0.15, 0.2) is 0 Å². The second-order valence-electron chi connectivity index (χ2n) is 3.98. The Labute approximate surface area is 106 Å². The first kappa shape index (κ1) is 12.3. The summed E-state index contributed by atoms with van der Waals surface area (Å²) in [5, 5.41) is 10.1. The molecular formula is C13H19N3S. The maximum Gasteiger partial charge on any atom is 0.0625 e. The summed E-state index contributed by atoms with van der Waals surface area (Å²) in [7, 11) is 0. The predicted molar refractivity (Wildman–Crippen MR) is 72.1 cm³/mol. The smallest absolute Gasteiger partial charge is 0.0625 e. The van der Waals surface area contributed by atoms with Gasteiger partial charge in [0.25, 0.3) is 0 Å². The van der Waals surface area contributed by atoms with E-state index < -0.39 is 0 Å². The Morgan fingerprint density at radius 2 is 2.24 bits per heavy atom. The fourth-order valence-electron chi connectivity index (χ4n) is 1.83. The average molecular weight is 249 g/mol. The van der Waals surface area contributed by atoms with Crippen molar-refractivity contribution in [3.63, 3.8) is 0 Å². The normalized spacial score (nSPS) is 10.9. The fraction of sp³-hybridized carbons (Fsp3) is 0.462. The van der Waals surface area contributed by atoms with Crippen LogP contribution in [0, 0.1) is 0 Å². The van der Waals surface area contributed by atoms with Crippen molar-refractivity contribution in [1.82, 2.24) is 15.1 Å². The first-order valence-electron chi connectivity index (χ1n) is 6.12. The molecule has 0 aliphatic heterocycles. The molecule has 0 aliphatic carbocycles. The molecule has 17 heavy (non-hydrogen) atoms. The van der Waals surface area contributed by atoms with E-state index in [-0.39, 0.29) is 0 Å². The molecule has 0 fully saturated rings. The summed E-state index contributed by atoms with van der Waals surface area (Å²) in [6.45, 7) is 7.04. The molecule has 0 saturated heterocycles. The van der Waals surface area contributed by atoms with Crippen LogP contribution in [0.25, 0.3) is 0 Å². The van der Waals surface area contributed by atoms with E-state index in [9.17, 15) is 0 Å². The molecule has 0 unspecified atom stereocenters. The molecule has 0 radical (unpaired) electrons. The maximum atomic E-state index is 4.54. The molecule has 2 rings (SSSR count). The Morgan fingerprint density at radius 1 is 1.35 bits per heavy atom. The van der Waals surface area contributed by atoms with E-state index in [0.29, 0.717) is 0 Å². The fourth-order valence-corrected chi connectivity index (χ4v) is 2.51. The highest BCUT2D eigenvalue weighted by molar-refractivity contribution is 7.09. The third-order valence-electron chi connectivity index (χ3n) is 2.76. The van der Waals surface area contributed by atoms with Gasteiger partial charge in [0.2, 0.25) is 0 Å². The zero-order valence-corrected chi connectivity index (χ0v) is 11.3. The van der Waals surface area contributed by atoms with Gasteiger partial charge in [-0.25, -0.2) is 0 Å². The Morgan fingerprint density at radius 3 is 2.88 bits per heavy atom. The minimum Gasteiger partial charge on any atom is -0.306 e. The van der Waals surface area contributed by atoms with Gasteiger partial charge in [-0.2, -0.15) is 5.10 Å². The van der Waals surface area contributed by atoms with E-state index in [4.69, 9.17) is 0 Å². The van der Waals surface area contributed by atoms with Crippen molar-refractivity contribution in [2.24, 2.45) is 0 Å². The Kier molecular flexibility index (Phi) is 4.34. The first-order chi connectivity index (χ1) is 8.33. The number of hydrogen-bond acceptors (Lipinski definition) is 3. The van der Waals surface area contributed by atoms with Crippen molar-refractivity contribution in [3.05, 3.63) is 39.8 Å². The molecule has 0 amide bonds. The van der Waals surface area contributed by atoms with E-state index in [1.54, 1.807) is 11.3 Å². The number of hydrogen-bond donors (Lipinski definition) is 1. The van der Waals surface area contributed by atoms with E-state index >= 15 is 0 Å². The minimum atomic E-state index is 0.888. The topological polar surface area (TPSA) is 29.9 Å². The molecule has 2 aromatic heterocycles. The van der Waals surface area contributed by atoms with Crippen molar-refractivity contribution in [2.75, 3.05) is 0 Å². The lowest BCUT2D eigenvalue weighted by molar-refractivity contribution is 0.579. The average Bonchev–Trinajstić information content (AvgIpc) is 2.98. The Balaban J connectivity index is 1.91. The number of nitrogens with zero attached hydrogens (tertiary/aromatic N) is 2. The molecule has 0 aromatic carbocycles. The number of aromatic nitrogens is 2. The zero-order valence-electron chi connectivity index (χ0n) is 10.4. The van der Waals surface area contributed by atoms with E-state index in [1.165, 1.54) is 16.3 Å². The predicted octanol–water partition coefficient (Wildman–Crippen LogP) is 2.82. The largest absolute Gasteiger partial charge is 0.306 e. The molecule has 1 N–H and O–H groups in total. The highest BCUT2D eigenvalue weighted by Crippen LogP contribution is 2.09. The molecule has 0 saturated carbocycles. The second kappa shape index (κ2) is 5.98. The van der Waals surface area contributed by atoms with Crippen molar-refractivity contribution in [2.45, 2.75) is 39.9 Å². The summed E-state index contributed by atoms with van der Waals surface area (Å²) >= 11 is 1.79. The van der Waals surface area contributed by atoms with Crippen LogP contribution in [0.5, 0.6) is 0 Å². The van der Waals surface area contributed by atoms with Gasteiger partial charge in [0.1, 0.15) is 0 Å². The summed E-state index contributed by atoms with van der Waals surface area (Å²) in [4.78, 5) is 1.38. The van der Waals surface area contributed by atoms with Gasteiger partial charge < -0.3 is 5.32 Å². The highest BCUT2D eigenvalue weighted by atomic mass is 32.1. The molecule has 0 bridgehead atoms. The van der Waals surface area contributed by atoms with Crippen LogP contribution in [0.2, 0.25) is 0 Å². The lowest BCUT2D eigenvalue weighted by atomic mass is 10.3. The summed E-state index contributed by atoms with van der Waals surface area (Å²) in [6, 6.07) is 6.45. The first-order valence-corrected chi connectivity index (χ1v) is 7.00. The van der Waals surface area contributed by atoms with Crippen LogP contribution >= 0.6 is 11.3 Å². The van der Waals surface area contributed by atoms with Crippen molar-refractivity contribution in [1.29, 1.82) is 0 Å². The van der Waals surface area contributed by atoms with Crippen molar-refractivity contribution < 1.29 is 0 Å².